The largest absolute Gasteiger partial charge is 0.463 e. The van der Waals surface area contributed by atoms with Gasteiger partial charge in [-0.25, -0.2) is 4.79 Å². The number of allylic oxidation sites excluding steroid dienone is 1. The first-order valence-corrected chi connectivity index (χ1v) is 16.9. The predicted octanol–water partition coefficient (Wildman–Crippen LogP) is 4.27. The summed E-state index contributed by atoms with van der Waals surface area (Å²) in [6.07, 6.45) is 3.92. The molecule has 21 heavy (non-hydrogen) atoms. The van der Waals surface area contributed by atoms with Crippen molar-refractivity contribution in [1.29, 1.82) is 0 Å². The Morgan fingerprint density at radius 2 is 1.43 bits per heavy atom. The zero-order valence-corrected chi connectivity index (χ0v) is 17.9. The molecule has 0 aliphatic heterocycles. The Kier molecular flexibility index (Phi) is 8.33. The molecule has 7 heteroatoms. The van der Waals surface area contributed by atoms with Crippen molar-refractivity contribution >= 4 is 31.2 Å². The lowest BCUT2D eigenvalue weighted by atomic mass is 10.5. The van der Waals surface area contributed by atoms with E-state index in [2.05, 4.69) is 45.8 Å². The van der Waals surface area contributed by atoms with Crippen molar-refractivity contribution in [2.45, 2.75) is 65.2 Å². The molecule has 0 aromatic heterocycles. The first kappa shape index (κ1) is 20.8. The van der Waals surface area contributed by atoms with Crippen LogP contribution in [0.2, 0.25) is 51.9 Å². The maximum Gasteiger partial charge on any atom is 0.330 e. The summed E-state index contributed by atoms with van der Waals surface area (Å²) in [7, 11) is -5.49. The Labute approximate surface area is 133 Å². The van der Waals surface area contributed by atoms with Crippen LogP contribution in [0.4, 0.5) is 0 Å². The molecule has 0 amide bonds. The summed E-state index contributed by atoms with van der Waals surface area (Å²) >= 11 is 0. The van der Waals surface area contributed by atoms with Gasteiger partial charge in [-0.05, 0) is 65.2 Å². The number of carbonyl (C=O) groups excluding carboxylic acids is 1. The number of carbonyl (C=O) groups is 1. The quantitative estimate of drug-likeness (QED) is 0.270. The number of ether oxygens (including phenoxy) is 1. The van der Waals surface area contributed by atoms with Gasteiger partial charge in [0.05, 0.1) is 6.61 Å². The second-order valence-corrected chi connectivity index (χ2v) is 20.2. The highest BCUT2D eigenvalue weighted by Gasteiger charge is 2.39. The van der Waals surface area contributed by atoms with Crippen molar-refractivity contribution in [2.75, 3.05) is 6.61 Å². The third kappa shape index (κ3) is 12.1. The van der Waals surface area contributed by atoms with Gasteiger partial charge in [-0.15, -0.1) is 0 Å². The second-order valence-electron chi connectivity index (χ2n) is 7.33. The molecule has 0 atom stereocenters. The van der Waals surface area contributed by atoms with Crippen LogP contribution in [0.1, 0.15) is 13.3 Å². The Morgan fingerprint density at radius 1 is 0.952 bits per heavy atom. The van der Waals surface area contributed by atoms with E-state index in [1.165, 1.54) is 6.08 Å². The van der Waals surface area contributed by atoms with Crippen molar-refractivity contribution in [3.05, 3.63) is 12.2 Å². The van der Waals surface area contributed by atoms with Crippen LogP contribution in [-0.2, 0) is 17.8 Å². The van der Waals surface area contributed by atoms with Crippen molar-refractivity contribution in [3.63, 3.8) is 0 Å². The third-order valence-electron chi connectivity index (χ3n) is 2.37. The summed E-state index contributed by atoms with van der Waals surface area (Å²) in [6.45, 7) is 17.5. The molecule has 124 valence electrons. The molecule has 4 nitrogen and oxygen atoms in total. The minimum atomic E-state index is -2.20. The van der Waals surface area contributed by atoms with Crippen LogP contribution in [-0.4, -0.2) is 37.8 Å². The fraction of sp³-hybridized carbons (Fsp3) is 0.786. The number of rotatable bonds is 9. The van der Waals surface area contributed by atoms with E-state index in [0.717, 1.165) is 12.5 Å². The van der Waals surface area contributed by atoms with Gasteiger partial charge in [-0.2, -0.15) is 0 Å². The third-order valence-corrected chi connectivity index (χ3v) is 12.0. The molecule has 0 unspecified atom stereocenters. The SMILES string of the molecule is CC=CC(=O)OCCC[Si](C)(O[Si](C)(C)C)O[Si](C)(C)C. The fourth-order valence-corrected chi connectivity index (χ4v) is 14.7. The molecule has 0 heterocycles. The lowest BCUT2D eigenvalue weighted by molar-refractivity contribution is -0.137. The van der Waals surface area contributed by atoms with E-state index in [1.54, 1.807) is 13.0 Å². The van der Waals surface area contributed by atoms with Crippen LogP contribution in [0.3, 0.4) is 0 Å². The van der Waals surface area contributed by atoms with Gasteiger partial charge in [0.2, 0.25) is 0 Å². The summed E-state index contributed by atoms with van der Waals surface area (Å²) < 4.78 is 17.9. The highest BCUT2D eigenvalue weighted by Crippen LogP contribution is 2.25. The number of hydrogen-bond acceptors (Lipinski definition) is 4. The van der Waals surface area contributed by atoms with Gasteiger partial charge in [0.1, 0.15) is 0 Å². The summed E-state index contributed by atoms with van der Waals surface area (Å²) in [5.74, 6) is -0.280. The van der Waals surface area contributed by atoms with Gasteiger partial charge < -0.3 is 13.0 Å². The lowest BCUT2D eigenvalue weighted by Gasteiger charge is -2.38. The van der Waals surface area contributed by atoms with Gasteiger partial charge >= 0.3 is 14.5 Å². The minimum absolute atomic E-state index is 0.280. The molecular formula is C14H32O4Si3. The zero-order chi connectivity index (χ0) is 16.7. The van der Waals surface area contributed by atoms with Gasteiger partial charge in [-0.3, -0.25) is 0 Å². The summed E-state index contributed by atoms with van der Waals surface area (Å²) in [6, 6.07) is 0.866. The monoisotopic (exact) mass is 348 g/mol. The van der Waals surface area contributed by atoms with Crippen LogP contribution in [0.15, 0.2) is 12.2 Å². The van der Waals surface area contributed by atoms with E-state index >= 15 is 0 Å². The van der Waals surface area contributed by atoms with E-state index in [1.807, 2.05) is 0 Å². The lowest BCUT2D eigenvalue weighted by Crippen LogP contribution is -2.52. The van der Waals surface area contributed by atoms with Crippen LogP contribution in [0.25, 0.3) is 0 Å². The molecule has 0 aliphatic rings. The van der Waals surface area contributed by atoms with Crippen molar-refractivity contribution in [2.24, 2.45) is 0 Å². The molecule has 0 rings (SSSR count). The summed E-state index contributed by atoms with van der Waals surface area (Å²) in [4.78, 5) is 11.3. The first-order chi connectivity index (χ1) is 9.37. The van der Waals surface area contributed by atoms with Gasteiger partial charge in [0, 0.05) is 6.08 Å². The highest BCUT2D eigenvalue weighted by atomic mass is 28.5. The molecule has 0 aromatic carbocycles. The maximum atomic E-state index is 11.3. The number of hydrogen-bond donors (Lipinski definition) is 0. The molecule has 0 saturated carbocycles. The Hall–Kier alpha value is -0.219. The van der Waals surface area contributed by atoms with Crippen LogP contribution in [0.5, 0.6) is 0 Å². The standard InChI is InChI=1S/C14H32O4Si3/c1-9-11-14(15)16-12-10-13-21(8,17-19(2,3)4)18-20(5,6)7/h9,11H,10,12-13H2,1-8H3. The van der Waals surface area contributed by atoms with E-state index in [4.69, 9.17) is 13.0 Å². The van der Waals surface area contributed by atoms with E-state index in [-0.39, 0.29) is 5.97 Å². The Morgan fingerprint density at radius 3 is 1.81 bits per heavy atom. The minimum Gasteiger partial charge on any atom is -0.463 e. The Balaban J connectivity index is 4.52. The average molecular weight is 349 g/mol. The van der Waals surface area contributed by atoms with Gasteiger partial charge in [0.15, 0.2) is 16.6 Å². The van der Waals surface area contributed by atoms with Crippen molar-refractivity contribution < 1.29 is 17.8 Å². The first-order valence-electron chi connectivity index (χ1n) is 7.57. The molecule has 0 aliphatic carbocycles. The Bertz CT molecular complexity index is 340. The molecular weight excluding hydrogens is 316 g/mol. The van der Waals surface area contributed by atoms with Crippen molar-refractivity contribution in [3.8, 4) is 0 Å². The normalized spacial score (nSPS) is 13.7. The molecule has 0 aromatic rings. The van der Waals surface area contributed by atoms with Gasteiger partial charge in [0.25, 0.3) is 0 Å². The van der Waals surface area contributed by atoms with Crippen LogP contribution < -0.4 is 0 Å². The van der Waals surface area contributed by atoms with E-state index < -0.39 is 25.2 Å². The van der Waals surface area contributed by atoms with Crippen LogP contribution >= 0.6 is 0 Å². The summed E-state index contributed by atoms with van der Waals surface area (Å²) in [5, 5.41) is 0. The average Bonchev–Trinajstić information content (AvgIpc) is 2.19. The smallest absolute Gasteiger partial charge is 0.330 e. The highest BCUT2D eigenvalue weighted by molar-refractivity contribution is 6.87. The predicted molar refractivity (Wildman–Crippen MR) is 95.7 cm³/mol. The fourth-order valence-electron chi connectivity index (χ4n) is 2.17. The molecule has 0 saturated heterocycles. The molecule has 0 spiro atoms. The second kappa shape index (κ2) is 8.42. The van der Waals surface area contributed by atoms with Crippen LogP contribution in [0, 0.1) is 0 Å². The zero-order valence-electron chi connectivity index (χ0n) is 14.9. The molecule has 0 fully saturated rings. The topological polar surface area (TPSA) is 44.8 Å². The number of esters is 1. The molecule has 0 radical (unpaired) electrons. The van der Waals surface area contributed by atoms with Gasteiger partial charge in [-0.1, -0.05) is 6.08 Å². The molecule has 0 bridgehead atoms. The van der Waals surface area contributed by atoms with Crippen molar-refractivity contribution in [1.82, 2.24) is 0 Å². The maximum absolute atomic E-state index is 11.3. The van der Waals surface area contributed by atoms with E-state index in [9.17, 15) is 4.79 Å². The molecule has 0 N–H and O–H groups in total. The summed E-state index contributed by atoms with van der Waals surface area (Å²) in [5.41, 5.74) is 0. The van der Waals surface area contributed by atoms with E-state index in [0.29, 0.717) is 6.61 Å².